The fourth-order valence-corrected chi connectivity index (χ4v) is 3.47. The first-order valence-electron chi connectivity index (χ1n) is 6.28. The van der Waals surface area contributed by atoms with Crippen molar-refractivity contribution in [1.82, 2.24) is 10.2 Å². The molecule has 2 atom stereocenters. The third kappa shape index (κ3) is 2.05. The minimum atomic E-state index is 0.220. The summed E-state index contributed by atoms with van der Waals surface area (Å²) >= 11 is 0. The molecule has 0 aromatic carbocycles. The molecular weight excluding hydrogens is 186 g/mol. The van der Waals surface area contributed by atoms with E-state index in [4.69, 9.17) is 5.73 Å². The summed E-state index contributed by atoms with van der Waals surface area (Å²) in [5.74, 6) is 0.646. The standard InChI is InChI=1S/C12H25N3/c1-15(2)11(13)10-8-14-9-12(10)6-4-3-5-7-12/h10-11,14H,3-9,13H2,1-2H3. The van der Waals surface area contributed by atoms with Crippen molar-refractivity contribution < 1.29 is 0 Å². The number of hydrogen-bond donors (Lipinski definition) is 2. The predicted octanol–water partition coefficient (Wildman–Crippen LogP) is 1.00. The highest BCUT2D eigenvalue weighted by atomic mass is 15.2. The van der Waals surface area contributed by atoms with Gasteiger partial charge in [-0.2, -0.15) is 0 Å². The summed E-state index contributed by atoms with van der Waals surface area (Å²) in [5.41, 5.74) is 6.83. The smallest absolute Gasteiger partial charge is 0.0613 e. The molecule has 1 aliphatic heterocycles. The van der Waals surface area contributed by atoms with Crippen molar-refractivity contribution in [2.75, 3.05) is 27.2 Å². The Balaban J connectivity index is 2.09. The molecule has 1 heterocycles. The average Bonchev–Trinajstić information content (AvgIpc) is 2.61. The maximum absolute atomic E-state index is 6.31. The SMILES string of the molecule is CN(C)C(N)C1CNCC12CCCCC2. The van der Waals surface area contributed by atoms with Gasteiger partial charge in [-0.3, -0.25) is 4.90 Å². The largest absolute Gasteiger partial charge is 0.316 e. The molecule has 1 spiro atoms. The van der Waals surface area contributed by atoms with Gasteiger partial charge >= 0.3 is 0 Å². The first-order chi connectivity index (χ1) is 7.16. The van der Waals surface area contributed by atoms with Crippen LogP contribution < -0.4 is 11.1 Å². The molecule has 2 fully saturated rings. The molecule has 0 aromatic rings. The van der Waals surface area contributed by atoms with Gasteiger partial charge in [-0.05, 0) is 32.4 Å². The van der Waals surface area contributed by atoms with Crippen molar-refractivity contribution in [2.45, 2.75) is 38.3 Å². The molecule has 1 saturated heterocycles. The Morgan fingerprint density at radius 1 is 1.27 bits per heavy atom. The van der Waals surface area contributed by atoms with Gasteiger partial charge in [-0.15, -0.1) is 0 Å². The fraction of sp³-hybridized carbons (Fsp3) is 1.00. The maximum atomic E-state index is 6.31. The van der Waals surface area contributed by atoms with Crippen LogP contribution in [-0.4, -0.2) is 38.3 Å². The zero-order valence-electron chi connectivity index (χ0n) is 10.1. The highest BCUT2D eigenvalue weighted by Gasteiger charge is 2.46. The Kier molecular flexibility index (Phi) is 3.33. The van der Waals surface area contributed by atoms with Crippen LogP contribution in [0.3, 0.4) is 0 Å². The molecule has 2 aliphatic rings. The van der Waals surface area contributed by atoms with Crippen LogP contribution in [0.15, 0.2) is 0 Å². The third-order valence-electron chi connectivity index (χ3n) is 4.49. The molecule has 0 amide bonds. The lowest BCUT2D eigenvalue weighted by atomic mass is 9.66. The molecular formula is C12H25N3. The summed E-state index contributed by atoms with van der Waals surface area (Å²) in [6, 6.07) is 0. The van der Waals surface area contributed by atoms with E-state index in [2.05, 4.69) is 24.3 Å². The highest BCUT2D eigenvalue weighted by molar-refractivity contribution is 4.99. The molecule has 3 N–H and O–H groups in total. The number of nitrogens with zero attached hydrogens (tertiary/aromatic N) is 1. The second-order valence-corrected chi connectivity index (χ2v) is 5.61. The highest BCUT2D eigenvalue weighted by Crippen LogP contribution is 2.45. The Morgan fingerprint density at radius 2 is 1.93 bits per heavy atom. The van der Waals surface area contributed by atoms with Gasteiger partial charge in [0.2, 0.25) is 0 Å². The monoisotopic (exact) mass is 211 g/mol. The lowest BCUT2D eigenvalue weighted by molar-refractivity contribution is 0.0797. The maximum Gasteiger partial charge on any atom is 0.0613 e. The van der Waals surface area contributed by atoms with Crippen LogP contribution in [0.4, 0.5) is 0 Å². The van der Waals surface area contributed by atoms with Crippen molar-refractivity contribution in [3.8, 4) is 0 Å². The van der Waals surface area contributed by atoms with E-state index in [1.54, 1.807) is 0 Å². The van der Waals surface area contributed by atoms with Crippen molar-refractivity contribution in [2.24, 2.45) is 17.1 Å². The van der Waals surface area contributed by atoms with Crippen molar-refractivity contribution >= 4 is 0 Å². The van der Waals surface area contributed by atoms with Crippen molar-refractivity contribution in [3.63, 3.8) is 0 Å². The topological polar surface area (TPSA) is 41.3 Å². The van der Waals surface area contributed by atoms with Gasteiger partial charge in [-0.25, -0.2) is 0 Å². The molecule has 0 aromatic heterocycles. The molecule has 3 heteroatoms. The average molecular weight is 211 g/mol. The zero-order valence-corrected chi connectivity index (χ0v) is 10.1. The van der Waals surface area contributed by atoms with E-state index >= 15 is 0 Å². The molecule has 0 radical (unpaired) electrons. The molecule has 88 valence electrons. The Morgan fingerprint density at radius 3 is 2.53 bits per heavy atom. The second-order valence-electron chi connectivity index (χ2n) is 5.61. The van der Waals surface area contributed by atoms with Gasteiger partial charge in [0.15, 0.2) is 0 Å². The summed E-state index contributed by atoms with van der Waals surface area (Å²) in [5, 5.41) is 3.56. The number of nitrogens with two attached hydrogens (primary N) is 1. The van der Waals surface area contributed by atoms with Crippen LogP contribution in [0.1, 0.15) is 32.1 Å². The first kappa shape index (κ1) is 11.4. The Hall–Kier alpha value is -0.120. The van der Waals surface area contributed by atoms with E-state index in [1.807, 2.05) is 0 Å². The first-order valence-corrected chi connectivity index (χ1v) is 6.28. The number of hydrogen-bond acceptors (Lipinski definition) is 3. The second kappa shape index (κ2) is 4.40. The molecule has 2 unspecified atom stereocenters. The number of rotatable bonds is 2. The van der Waals surface area contributed by atoms with Crippen LogP contribution in [0.2, 0.25) is 0 Å². The molecule has 1 aliphatic carbocycles. The van der Waals surface area contributed by atoms with Crippen molar-refractivity contribution in [1.29, 1.82) is 0 Å². The quantitative estimate of drug-likeness (QED) is 0.670. The van der Waals surface area contributed by atoms with Gasteiger partial charge < -0.3 is 11.1 Å². The van der Waals surface area contributed by atoms with Crippen molar-refractivity contribution in [3.05, 3.63) is 0 Å². The van der Waals surface area contributed by atoms with Gasteiger partial charge in [0, 0.05) is 19.0 Å². The van der Waals surface area contributed by atoms with Gasteiger partial charge in [0.05, 0.1) is 6.17 Å². The Bertz CT molecular complexity index is 209. The van der Waals surface area contributed by atoms with Crippen LogP contribution in [0.25, 0.3) is 0 Å². The Labute approximate surface area is 93.4 Å². The molecule has 1 saturated carbocycles. The summed E-state index contributed by atoms with van der Waals surface area (Å²) in [6.45, 7) is 2.30. The zero-order chi connectivity index (χ0) is 10.9. The summed E-state index contributed by atoms with van der Waals surface area (Å²) in [6.07, 6.45) is 7.21. The van der Waals surface area contributed by atoms with Gasteiger partial charge in [0.1, 0.15) is 0 Å². The summed E-state index contributed by atoms with van der Waals surface area (Å²) in [4.78, 5) is 2.17. The van der Waals surface area contributed by atoms with Crippen LogP contribution >= 0.6 is 0 Å². The minimum absolute atomic E-state index is 0.220. The van der Waals surface area contributed by atoms with E-state index in [0.717, 1.165) is 6.54 Å². The fourth-order valence-electron chi connectivity index (χ4n) is 3.47. The molecule has 3 nitrogen and oxygen atoms in total. The van der Waals surface area contributed by atoms with E-state index in [1.165, 1.54) is 38.6 Å². The van der Waals surface area contributed by atoms with E-state index in [0.29, 0.717) is 11.3 Å². The van der Waals surface area contributed by atoms with Gasteiger partial charge in [-0.1, -0.05) is 19.3 Å². The predicted molar refractivity (Wildman–Crippen MR) is 63.5 cm³/mol. The lowest BCUT2D eigenvalue weighted by Gasteiger charge is -2.42. The van der Waals surface area contributed by atoms with Crippen LogP contribution in [0, 0.1) is 11.3 Å². The van der Waals surface area contributed by atoms with Crippen LogP contribution in [0.5, 0.6) is 0 Å². The molecule has 0 bridgehead atoms. The van der Waals surface area contributed by atoms with Crippen LogP contribution in [-0.2, 0) is 0 Å². The summed E-state index contributed by atoms with van der Waals surface area (Å²) < 4.78 is 0. The molecule has 2 rings (SSSR count). The van der Waals surface area contributed by atoms with Gasteiger partial charge in [0.25, 0.3) is 0 Å². The van der Waals surface area contributed by atoms with E-state index in [9.17, 15) is 0 Å². The number of nitrogens with one attached hydrogen (secondary N) is 1. The third-order valence-corrected chi connectivity index (χ3v) is 4.49. The van der Waals surface area contributed by atoms with E-state index < -0.39 is 0 Å². The van der Waals surface area contributed by atoms with E-state index in [-0.39, 0.29) is 6.17 Å². The normalized spacial score (nSPS) is 32.4. The summed E-state index contributed by atoms with van der Waals surface area (Å²) in [7, 11) is 4.19. The minimum Gasteiger partial charge on any atom is -0.316 e. The molecule has 15 heavy (non-hydrogen) atoms. The lowest BCUT2D eigenvalue weighted by Crippen LogP contribution is -2.50.